The summed E-state index contributed by atoms with van der Waals surface area (Å²) in [7, 11) is -2.33. The summed E-state index contributed by atoms with van der Waals surface area (Å²) in [6.45, 7) is 2.48. The Bertz CT molecular complexity index is 1230. The van der Waals surface area contributed by atoms with E-state index in [0.717, 1.165) is 5.56 Å². The Morgan fingerprint density at radius 2 is 1.75 bits per heavy atom. The highest BCUT2D eigenvalue weighted by Crippen LogP contribution is 2.30. The lowest BCUT2D eigenvalue weighted by Gasteiger charge is -2.26. The Kier molecular flexibility index (Phi) is 6.05. The van der Waals surface area contributed by atoms with E-state index in [2.05, 4.69) is 5.32 Å². The third kappa shape index (κ3) is 4.55. The first-order valence-corrected chi connectivity index (χ1v) is 11.6. The van der Waals surface area contributed by atoms with Crippen LogP contribution in [0.4, 0.5) is 5.69 Å². The van der Waals surface area contributed by atoms with Crippen LogP contribution in [-0.2, 0) is 10.0 Å². The number of hydrogen-bond donors (Lipinski definition) is 1. The Morgan fingerprint density at radius 3 is 2.50 bits per heavy atom. The zero-order valence-electron chi connectivity index (χ0n) is 17.8. The lowest BCUT2D eigenvalue weighted by atomic mass is 10.2. The zero-order chi connectivity index (χ0) is 22.7. The van der Waals surface area contributed by atoms with Crippen LogP contribution in [0.1, 0.15) is 15.9 Å². The SMILES string of the molecule is Cc1ccc(N(C)S(=O)(=O)c2cccc(C(=O)NC[C@H]3COc4ccccc4O3)c2)cc1. The van der Waals surface area contributed by atoms with Gasteiger partial charge < -0.3 is 14.8 Å². The lowest BCUT2D eigenvalue weighted by molar-refractivity contribution is 0.0789. The van der Waals surface area contributed by atoms with Crippen LogP contribution >= 0.6 is 0 Å². The number of nitrogens with zero attached hydrogens (tertiary/aromatic N) is 1. The van der Waals surface area contributed by atoms with Gasteiger partial charge in [0.05, 0.1) is 17.1 Å². The number of fused-ring (bicyclic) bond motifs is 1. The second-order valence-electron chi connectivity index (χ2n) is 7.54. The molecule has 166 valence electrons. The van der Waals surface area contributed by atoms with Gasteiger partial charge in [0.25, 0.3) is 15.9 Å². The number of amides is 1. The molecule has 1 atom stereocenters. The van der Waals surface area contributed by atoms with Gasteiger partial charge in [-0.2, -0.15) is 0 Å². The van der Waals surface area contributed by atoms with E-state index < -0.39 is 10.0 Å². The molecular weight excluding hydrogens is 428 g/mol. The molecule has 8 heteroatoms. The van der Waals surface area contributed by atoms with Gasteiger partial charge in [0, 0.05) is 12.6 Å². The van der Waals surface area contributed by atoms with Crippen LogP contribution in [0.2, 0.25) is 0 Å². The number of carbonyl (C=O) groups excluding carboxylic acids is 1. The summed E-state index contributed by atoms with van der Waals surface area (Å²) < 4.78 is 38.8. The molecule has 0 spiro atoms. The van der Waals surface area contributed by atoms with E-state index >= 15 is 0 Å². The molecule has 0 unspecified atom stereocenters. The monoisotopic (exact) mass is 452 g/mol. The summed E-state index contributed by atoms with van der Waals surface area (Å²) >= 11 is 0. The molecule has 0 radical (unpaired) electrons. The number of aryl methyl sites for hydroxylation is 1. The summed E-state index contributed by atoms with van der Waals surface area (Å²) in [5, 5.41) is 2.79. The highest BCUT2D eigenvalue weighted by atomic mass is 32.2. The molecule has 0 aromatic heterocycles. The van der Waals surface area contributed by atoms with E-state index in [4.69, 9.17) is 9.47 Å². The van der Waals surface area contributed by atoms with E-state index in [1.807, 2.05) is 43.3 Å². The second kappa shape index (κ2) is 8.92. The van der Waals surface area contributed by atoms with Crippen LogP contribution in [0.3, 0.4) is 0 Å². The average molecular weight is 453 g/mol. The third-order valence-corrected chi connectivity index (χ3v) is 6.99. The number of benzene rings is 3. The number of hydrogen-bond acceptors (Lipinski definition) is 5. The maximum atomic E-state index is 13.1. The molecule has 1 aliphatic heterocycles. The van der Waals surface area contributed by atoms with Crippen LogP contribution < -0.4 is 19.1 Å². The largest absolute Gasteiger partial charge is 0.486 e. The lowest BCUT2D eigenvalue weighted by Crippen LogP contribution is -2.40. The zero-order valence-corrected chi connectivity index (χ0v) is 18.6. The quantitative estimate of drug-likeness (QED) is 0.620. The van der Waals surface area contributed by atoms with Gasteiger partial charge in [-0.15, -0.1) is 0 Å². The van der Waals surface area contributed by atoms with Crippen molar-refractivity contribution in [2.24, 2.45) is 0 Å². The van der Waals surface area contributed by atoms with Crippen LogP contribution in [0, 0.1) is 6.92 Å². The van der Waals surface area contributed by atoms with Crippen molar-refractivity contribution in [3.8, 4) is 11.5 Å². The van der Waals surface area contributed by atoms with Crippen molar-refractivity contribution < 1.29 is 22.7 Å². The van der Waals surface area contributed by atoms with Gasteiger partial charge in [0.2, 0.25) is 0 Å². The predicted octanol–water partition coefficient (Wildman–Crippen LogP) is 3.39. The van der Waals surface area contributed by atoms with Crippen LogP contribution in [0.15, 0.2) is 77.7 Å². The average Bonchev–Trinajstić information content (AvgIpc) is 2.82. The van der Waals surface area contributed by atoms with E-state index in [9.17, 15) is 13.2 Å². The minimum absolute atomic E-state index is 0.0411. The molecular formula is C24H24N2O5S. The van der Waals surface area contributed by atoms with Gasteiger partial charge in [-0.25, -0.2) is 8.42 Å². The van der Waals surface area contributed by atoms with Crippen molar-refractivity contribution in [2.45, 2.75) is 17.9 Å². The molecule has 4 rings (SSSR count). The molecule has 0 saturated heterocycles. The molecule has 1 heterocycles. The predicted molar refractivity (Wildman–Crippen MR) is 122 cm³/mol. The summed E-state index contributed by atoms with van der Waals surface area (Å²) in [5.41, 5.74) is 1.83. The Labute approximate surface area is 187 Å². The number of sulfonamides is 1. The van der Waals surface area contributed by atoms with Crippen LogP contribution in [0.5, 0.6) is 11.5 Å². The molecule has 1 amide bonds. The second-order valence-corrected chi connectivity index (χ2v) is 9.51. The highest BCUT2D eigenvalue weighted by molar-refractivity contribution is 7.92. The molecule has 0 fully saturated rings. The number of para-hydroxylation sites is 2. The smallest absolute Gasteiger partial charge is 0.264 e. The van der Waals surface area contributed by atoms with Crippen molar-refractivity contribution in [3.63, 3.8) is 0 Å². The molecule has 0 bridgehead atoms. The number of ether oxygens (including phenoxy) is 2. The molecule has 0 aliphatic carbocycles. The van der Waals surface area contributed by atoms with Gasteiger partial charge in [-0.1, -0.05) is 35.9 Å². The Morgan fingerprint density at radius 1 is 1.03 bits per heavy atom. The van der Waals surface area contributed by atoms with E-state index in [1.54, 1.807) is 24.3 Å². The molecule has 7 nitrogen and oxygen atoms in total. The minimum Gasteiger partial charge on any atom is -0.486 e. The van der Waals surface area contributed by atoms with Crippen molar-refractivity contribution in [1.29, 1.82) is 0 Å². The van der Waals surface area contributed by atoms with Crippen molar-refractivity contribution in [2.75, 3.05) is 24.5 Å². The van der Waals surface area contributed by atoms with Gasteiger partial charge in [0.1, 0.15) is 12.7 Å². The fourth-order valence-electron chi connectivity index (χ4n) is 3.32. The van der Waals surface area contributed by atoms with Crippen LogP contribution in [0.25, 0.3) is 0 Å². The molecule has 0 saturated carbocycles. The highest BCUT2D eigenvalue weighted by Gasteiger charge is 2.24. The van der Waals surface area contributed by atoms with Crippen molar-refractivity contribution in [1.82, 2.24) is 5.32 Å². The number of carbonyl (C=O) groups is 1. The Balaban J connectivity index is 1.44. The topological polar surface area (TPSA) is 84.9 Å². The van der Waals surface area contributed by atoms with Gasteiger partial charge >= 0.3 is 0 Å². The molecule has 3 aromatic carbocycles. The maximum Gasteiger partial charge on any atom is 0.264 e. The van der Waals surface area contributed by atoms with E-state index in [-0.39, 0.29) is 29.0 Å². The van der Waals surface area contributed by atoms with E-state index in [0.29, 0.717) is 23.8 Å². The van der Waals surface area contributed by atoms with Gasteiger partial charge in [-0.3, -0.25) is 9.10 Å². The fourth-order valence-corrected chi connectivity index (χ4v) is 4.56. The first-order chi connectivity index (χ1) is 15.3. The fraction of sp³-hybridized carbons (Fsp3) is 0.208. The standard InChI is InChI=1S/C24H24N2O5S/c1-17-10-12-19(13-11-17)26(2)32(28,29)21-7-5-6-18(14-21)24(27)25-15-20-16-30-22-8-3-4-9-23(22)31-20/h3-14,20H,15-16H2,1-2H3,(H,25,27)/t20-/m0/s1. The molecule has 1 aliphatic rings. The first-order valence-electron chi connectivity index (χ1n) is 10.2. The normalized spacial score (nSPS) is 15.1. The summed E-state index contributed by atoms with van der Waals surface area (Å²) in [6.07, 6.45) is -0.339. The Hall–Kier alpha value is -3.52. The summed E-state index contributed by atoms with van der Waals surface area (Å²) in [6, 6.07) is 20.5. The number of rotatable bonds is 6. The minimum atomic E-state index is -3.82. The van der Waals surface area contributed by atoms with Gasteiger partial charge in [-0.05, 0) is 49.4 Å². The van der Waals surface area contributed by atoms with Crippen LogP contribution in [-0.4, -0.2) is 40.6 Å². The maximum absolute atomic E-state index is 13.1. The molecule has 1 N–H and O–H groups in total. The third-order valence-electron chi connectivity index (χ3n) is 5.21. The van der Waals surface area contributed by atoms with E-state index in [1.165, 1.54) is 23.5 Å². The number of nitrogens with one attached hydrogen (secondary N) is 1. The summed E-state index contributed by atoms with van der Waals surface area (Å²) in [5.74, 6) is 0.915. The van der Waals surface area contributed by atoms with Gasteiger partial charge in [0.15, 0.2) is 11.5 Å². The van der Waals surface area contributed by atoms with Crippen molar-refractivity contribution in [3.05, 3.63) is 83.9 Å². The number of anilines is 1. The van der Waals surface area contributed by atoms with Crippen molar-refractivity contribution >= 4 is 21.6 Å². The summed E-state index contributed by atoms with van der Waals surface area (Å²) in [4.78, 5) is 12.7. The first kappa shape index (κ1) is 21.7. The molecule has 32 heavy (non-hydrogen) atoms. The molecule has 3 aromatic rings.